The molecule has 0 unspecified atom stereocenters. The van der Waals surface area contributed by atoms with Gasteiger partial charge >= 0.3 is 0 Å². The van der Waals surface area contributed by atoms with Crippen LogP contribution in [0.25, 0.3) is 22.4 Å². The Morgan fingerprint density at radius 1 is 0.960 bits per heavy atom. The molecule has 4 rings (SSSR count). The second-order valence-electron chi connectivity index (χ2n) is 7.82. The van der Waals surface area contributed by atoms with Crippen molar-refractivity contribution in [2.45, 2.75) is 40.5 Å². The topological polar surface area (TPSA) is 3.88 Å². The third kappa shape index (κ3) is 2.41. The van der Waals surface area contributed by atoms with Gasteiger partial charge in [-0.25, -0.2) is 4.57 Å². The fourth-order valence-electron chi connectivity index (χ4n) is 4.08. The van der Waals surface area contributed by atoms with E-state index < -0.39 is 0 Å². The van der Waals surface area contributed by atoms with Gasteiger partial charge in [-0.3, -0.25) is 0 Å². The van der Waals surface area contributed by atoms with Gasteiger partial charge in [-0.2, -0.15) is 0 Å². The fraction of sp³-hybridized carbons (Fsp3) is 0.292. The van der Waals surface area contributed by atoms with E-state index >= 15 is 0 Å². The van der Waals surface area contributed by atoms with Gasteiger partial charge in [0.1, 0.15) is 7.05 Å². The fourth-order valence-corrected chi connectivity index (χ4v) is 4.08. The molecule has 0 aliphatic heterocycles. The Hall–Kier alpha value is -2.41. The molecule has 3 aromatic rings. The smallest absolute Gasteiger partial charge is 0.200 e. The summed E-state index contributed by atoms with van der Waals surface area (Å²) in [6.45, 7) is 11.2. The minimum atomic E-state index is 0.540. The van der Waals surface area contributed by atoms with Crippen LogP contribution in [0.4, 0.5) is 0 Å². The summed E-state index contributed by atoms with van der Waals surface area (Å²) in [6.07, 6.45) is 4.59. The van der Waals surface area contributed by atoms with E-state index in [9.17, 15) is 0 Å². The zero-order chi connectivity index (χ0) is 17.9. The summed E-state index contributed by atoms with van der Waals surface area (Å²) in [5, 5.41) is 2.74. The van der Waals surface area contributed by atoms with Crippen molar-refractivity contribution in [3.63, 3.8) is 0 Å². The summed E-state index contributed by atoms with van der Waals surface area (Å²) in [6, 6.07) is 11.6. The van der Waals surface area contributed by atoms with Gasteiger partial charge in [0, 0.05) is 6.07 Å². The first-order valence-corrected chi connectivity index (χ1v) is 9.13. The van der Waals surface area contributed by atoms with Crippen LogP contribution in [0.1, 0.15) is 58.8 Å². The third-order valence-electron chi connectivity index (χ3n) is 5.61. The zero-order valence-corrected chi connectivity index (χ0v) is 16.1. The van der Waals surface area contributed by atoms with E-state index in [4.69, 9.17) is 0 Å². The highest BCUT2D eigenvalue weighted by atomic mass is 14.9. The lowest BCUT2D eigenvalue weighted by Crippen LogP contribution is -2.32. The van der Waals surface area contributed by atoms with Gasteiger partial charge < -0.3 is 0 Å². The van der Waals surface area contributed by atoms with Crippen LogP contribution in [0.3, 0.4) is 0 Å². The first-order valence-electron chi connectivity index (χ1n) is 9.13. The molecule has 0 amide bonds. The maximum absolute atomic E-state index is 2.39. The lowest BCUT2D eigenvalue weighted by molar-refractivity contribution is -0.672. The van der Waals surface area contributed by atoms with Crippen molar-refractivity contribution in [2.24, 2.45) is 7.05 Å². The van der Waals surface area contributed by atoms with Crippen molar-refractivity contribution < 1.29 is 4.57 Å². The van der Waals surface area contributed by atoms with E-state index in [1.165, 1.54) is 55.4 Å². The average Bonchev–Trinajstić information content (AvgIpc) is 2.94. The molecule has 1 aromatic heterocycles. The molecule has 2 aromatic carbocycles. The molecular weight excluding hydrogens is 302 g/mol. The Kier molecular flexibility index (Phi) is 3.57. The summed E-state index contributed by atoms with van der Waals surface area (Å²) >= 11 is 0. The summed E-state index contributed by atoms with van der Waals surface area (Å²) in [5.74, 6) is 0.540. The Bertz CT molecular complexity index is 1050. The van der Waals surface area contributed by atoms with E-state index in [0.29, 0.717) is 5.92 Å². The molecule has 0 saturated carbocycles. The monoisotopic (exact) mass is 328 g/mol. The maximum Gasteiger partial charge on any atom is 0.221 e. The molecule has 25 heavy (non-hydrogen) atoms. The van der Waals surface area contributed by atoms with E-state index in [-0.39, 0.29) is 0 Å². The highest BCUT2D eigenvalue weighted by molar-refractivity contribution is 6.11. The van der Waals surface area contributed by atoms with Crippen molar-refractivity contribution in [1.29, 1.82) is 0 Å². The summed E-state index contributed by atoms with van der Waals surface area (Å²) < 4.78 is 2.27. The van der Waals surface area contributed by atoms with Crippen LogP contribution in [0.15, 0.2) is 36.5 Å². The molecule has 0 saturated heterocycles. The maximum atomic E-state index is 2.39. The van der Waals surface area contributed by atoms with Crippen molar-refractivity contribution in [3.05, 3.63) is 75.6 Å². The van der Waals surface area contributed by atoms with Gasteiger partial charge in [-0.15, -0.1) is 0 Å². The van der Waals surface area contributed by atoms with Gasteiger partial charge in [-0.05, 0) is 66.0 Å². The Labute approximate surface area is 150 Å². The molecule has 1 heterocycles. The van der Waals surface area contributed by atoms with Gasteiger partial charge in [0.25, 0.3) is 0 Å². The number of aryl methyl sites for hydroxylation is 3. The largest absolute Gasteiger partial charge is 0.221 e. The molecule has 1 heteroatoms. The predicted octanol–water partition coefficient (Wildman–Crippen LogP) is 5.62. The normalized spacial score (nSPS) is 13.0. The van der Waals surface area contributed by atoms with Crippen molar-refractivity contribution in [3.8, 4) is 0 Å². The lowest BCUT2D eigenvalue weighted by Gasteiger charge is -2.12. The van der Waals surface area contributed by atoms with Gasteiger partial charge in [0.05, 0.1) is 11.0 Å². The van der Waals surface area contributed by atoms with Crippen LogP contribution < -0.4 is 4.57 Å². The predicted molar refractivity (Wildman–Crippen MR) is 107 cm³/mol. The molecule has 0 N–H and O–H groups in total. The van der Waals surface area contributed by atoms with Gasteiger partial charge in [-0.1, -0.05) is 43.7 Å². The van der Waals surface area contributed by atoms with Crippen LogP contribution in [-0.4, -0.2) is 0 Å². The van der Waals surface area contributed by atoms with Crippen molar-refractivity contribution in [1.82, 2.24) is 0 Å². The van der Waals surface area contributed by atoms with Crippen LogP contribution in [-0.2, 0) is 7.05 Å². The SMILES string of the molecule is Cc1cc(C)c(C)c(C2=Cc3cc(C(C)C)cc4cc[n+](C)c2c34)c1. The molecule has 0 atom stereocenters. The molecule has 1 aliphatic rings. The van der Waals surface area contributed by atoms with E-state index in [2.05, 4.69) is 88.8 Å². The minimum Gasteiger partial charge on any atom is -0.200 e. The second-order valence-corrected chi connectivity index (χ2v) is 7.82. The molecule has 126 valence electrons. The molecule has 1 aliphatic carbocycles. The third-order valence-corrected chi connectivity index (χ3v) is 5.61. The van der Waals surface area contributed by atoms with Crippen LogP contribution in [0.2, 0.25) is 0 Å². The number of nitrogens with zero attached hydrogens (tertiary/aromatic N) is 1. The molecule has 1 nitrogen and oxygen atoms in total. The Morgan fingerprint density at radius 2 is 1.72 bits per heavy atom. The summed E-state index contributed by atoms with van der Waals surface area (Å²) in [4.78, 5) is 0. The van der Waals surface area contributed by atoms with Gasteiger partial charge in [0.2, 0.25) is 5.69 Å². The number of hydrogen-bond acceptors (Lipinski definition) is 0. The zero-order valence-electron chi connectivity index (χ0n) is 16.1. The van der Waals surface area contributed by atoms with Crippen molar-refractivity contribution >= 4 is 22.4 Å². The average molecular weight is 328 g/mol. The number of benzene rings is 2. The van der Waals surface area contributed by atoms with Crippen molar-refractivity contribution in [2.75, 3.05) is 0 Å². The minimum absolute atomic E-state index is 0.540. The van der Waals surface area contributed by atoms with E-state index in [1.54, 1.807) is 0 Å². The van der Waals surface area contributed by atoms with E-state index in [1.807, 2.05) is 0 Å². The molecule has 0 spiro atoms. The van der Waals surface area contributed by atoms with Gasteiger partial charge in [0.15, 0.2) is 6.20 Å². The number of rotatable bonds is 2. The molecule has 0 radical (unpaired) electrons. The first-order chi connectivity index (χ1) is 11.9. The summed E-state index contributed by atoms with van der Waals surface area (Å²) in [7, 11) is 2.16. The number of aromatic nitrogens is 1. The second kappa shape index (κ2) is 5.56. The van der Waals surface area contributed by atoms with E-state index in [0.717, 1.165) is 0 Å². The quantitative estimate of drug-likeness (QED) is 0.421. The van der Waals surface area contributed by atoms with Crippen LogP contribution >= 0.6 is 0 Å². The highest BCUT2D eigenvalue weighted by Crippen LogP contribution is 2.40. The molecule has 0 fully saturated rings. The molecule has 0 bridgehead atoms. The molecular formula is C24H26N+. The highest BCUT2D eigenvalue weighted by Gasteiger charge is 2.28. The Morgan fingerprint density at radius 3 is 2.44 bits per heavy atom. The number of hydrogen-bond donors (Lipinski definition) is 0. The lowest BCUT2D eigenvalue weighted by atomic mass is 9.93. The summed E-state index contributed by atoms with van der Waals surface area (Å²) in [5.41, 5.74) is 10.9. The first kappa shape index (κ1) is 16.1. The number of pyridine rings is 1. The van der Waals surface area contributed by atoms with Crippen LogP contribution in [0.5, 0.6) is 0 Å². The standard InChI is InChI=1S/C24H26N/c1-14(2)19-11-18-7-8-25(6)24-22(13-20(12-19)23(18)24)21-10-15(3)9-16(4)17(21)5/h7-14H,1-6H3/q+1. The van der Waals surface area contributed by atoms with Crippen LogP contribution in [0, 0.1) is 20.8 Å². The Balaban J connectivity index is 2.06.